The zero-order valence-electron chi connectivity index (χ0n) is 14.7. The van der Waals surface area contributed by atoms with E-state index in [0.29, 0.717) is 12.8 Å². The molecule has 0 atom stereocenters. The Balaban J connectivity index is 1.32. The number of nitrogen functional groups attached to an aromatic ring is 1. The molecule has 0 aromatic heterocycles. The molecular weight excluding hydrogens is 310 g/mol. The maximum Gasteiger partial charge on any atom is 0.220 e. The summed E-state index contributed by atoms with van der Waals surface area (Å²) in [4.78, 5) is 14.4. The van der Waals surface area contributed by atoms with Crippen LogP contribution in [-0.2, 0) is 24.2 Å². The van der Waals surface area contributed by atoms with E-state index < -0.39 is 0 Å². The van der Waals surface area contributed by atoms with Crippen LogP contribution in [0.4, 0.5) is 5.69 Å². The molecule has 3 rings (SSSR count). The second kappa shape index (κ2) is 8.67. The Kier molecular flexibility index (Phi) is 6.07. The maximum absolute atomic E-state index is 12.0. The highest BCUT2D eigenvalue weighted by molar-refractivity contribution is 5.76. The van der Waals surface area contributed by atoms with Crippen LogP contribution in [0.25, 0.3) is 0 Å². The van der Waals surface area contributed by atoms with Crippen molar-refractivity contribution in [1.82, 2.24) is 10.2 Å². The molecule has 4 nitrogen and oxygen atoms in total. The van der Waals surface area contributed by atoms with E-state index in [-0.39, 0.29) is 5.91 Å². The lowest BCUT2D eigenvalue weighted by Crippen LogP contribution is -2.33. The second-order valence-electron chi connectivity index (χ2n) is 6.70. The lowest BCUT2D eigenvalue weighted by Gasteiger charge is -2.28. The molecule has 25 heavy (non-hydrogen) atoms. The summed E-state index contributed by atoms with van der Waals surface area (Å²) in [5.74, 6) is 0.104. The molecule has 1 aliphatic rings. The van der Waals surface area contributed by atoms with Gasteiger partial charge >= 0.3 is 0 Å². The van der Waals surface area contributed by atoms with Gasteiger partial charge in [0.05, 0.1) is 0 Å². The lowest BCUT2D eigenvalue weighted by atomic mass is 10.00. The number of nitrogens with zero attached hydrogens (tertiary/aromatic N) is 1. The number of nitrogens with two attached hydrogens (primary N) is 1. The summed E-state index contributed by atoms with van der Waals surface area (Å²) in [6.45, 7) is 3.90. The Morgan fingerprint density at radius 2 is 1.84 bits per heavy atom. The predicted molar refractivity (Wildman–Crippen MR) is 102 cm³/mol. The molecule has 0 fully saturated rings. The first-order valence-corrected chi connectivity index (χ1v) is 9.11. The molecule has 0 radical (unpaired) electrons. The third-order valence-corrected chi connectivity index (χ3v) is 4.86. The van der Waals surface area contributed by atoms with Gasteiger partial charge < -0.3 is 11.1 Å². The summed E-state index contributed by atoms with van der Waals surface area (Å²) in [5.41, 5.74) is 10.6. The van der Waals surface area contributed by atoms with Crippen LogP contribution in [-0.4, -0.2) is 30.4 Å². The van der Waals surface area contributed by atoms with E-state index in [1.54, 1.807) is 0 Å². The van der Waals surface area contributed by atoms with Crippen molar-refractivity contribution >= 4 is 11.6 Å². The summed E-state index contributed by atoms with van der Waals surface area (Å²) in [5, 5.41) is 3.02. The molecule has 0 saturated heterocycles. The molecule has 1 heterocycles. The van der Waals surface area contributed by atoms with E-state index >= 15 is 0 Å². The van der Waals surface area contributed by atoms with Crippen molar-refractivity contribution in [2.45, 2.75) is 32.2 Å². The lowest BCUT2D eigenvalue weighted by molar-refractivity contribution is -0.121. The number of hydrogen-bond donors (Lipinski definition) is 2. The van der Waals surface area contributed by atoms with Gasteiger partial charge in [-0.2, -0.15) is 0 Å². The average molecular weight is 337 g/mol. The van der Waals surface area contributed by atoms with Crippen molar-refractivity contribution in [3.8, 4) is 0 Å². The summed E-state index contributed by atoms with van der Waals surface area (Å²) in [7, 11) is 0. The summed E-state index contributed by atoms with van der Waals surface area (Å²) in [6.07, 6.45) is 3.30. The number of benzene rings is 2. The summed E-state index contributed by atoms with van der Waals surface area (Å²) >= 11 is 0. The predicted octanol–water partition coefficient (Wildman–Crippen LogP) is 2.77. The van der Waals surface area contributed by atoms with E-state index in [0.717, 1.165) is 50.3 Å². The van der Waals surface area contributed by atoms with Crippen LogP contribution in [0.2, 0.25) is 0 Å². The maximum atomic E-state index is 12.0. The van der Waals surface area contributed by atoms with Gasteiger partial charge in [-0.25, -0.2) is 0 Å². The first-order valence-electron chi connectivity index (χ1n) is 9.11. The zero-order chi connectivity index (χ0) is 17.5. The zero-order valence-corrected chi connectivity index (χ0v) is 14.7. The molecule has 2 aromatic rings. The van der Waals surface area contributed by atoms with Crippen LogP contribution < -0.4 is 11.1 Å². The third kappa shape index (κ3) is 5.07. The number of aryl methyl sites for hydroxylation is 1. The molecule has 132 valence electrons. The summed E-state index contributed by atoms with van der Waals surface area (Å²) < 4.78 is 0. The fraction of sp³-hybridized carbons (Fsp3) is 0.381. The largest absolute Gasteiger partial charge is 0.399 e. The van der Waals surface area contributed by atoms with Gasteiger partial charge in [-0.05, 0) is 42.0 Å². The van der Waals surface area contributed by atoms with E-state index in [1.165, 1.54) is 11.1 Å². The smallest absolute Gasteiger partial charge is 0.220 e. The summed E-state index contributed by atoms with van der Waals surface area (Å²) in [6, 6.07) is 16.4. The van der Waals surface area contributed by atoms with Gasteiger partial charge in [-0.1, -0.05) is 42.5 Å². The molecule has 1 amide bonds. The van der Waals surface area contributed by atoms with Crippen molar-refractivity contribution in [3.05, 3.63) is 65.2 Å². The van der Waals surface area contributed by atoms with E-state index in [2.05, 4.69) is 34.5 Å². The standard InChI is InChI=1S/C21H27N3O/c22-20-9-4-3-7-18(20)10-11-21(25)23-13-5-14-24-15-12-17-6-1-2-8-19(17)16-24/h1-4,6-9H,5,10-16,22H2,(H,23,25). The van der Waals surface area contributed by atoms with Crippen LogP contribution in [0, 0.1) is 0 Å². The van der Waals surface area contributed by atoms with Crippen LogP contribution >= 0.6 is 0 Å². The van der Waals surface area contributed by atoms with E-state index in [1.807, 2.05) is 24.3 Å². The SMILES string of the molecule is Nc1ccccc1CCC(=O)NCCCN1CCc2ccccc2C1. The molecule has 0 unspecified atom stereocenters. The van der Waals surface area contributed by atoms with Crippen molar-refractivity contribution in [1.29, 1.82) is 0 Å². The average Bonchev–Trinajstić information content (AvgIpc) is 2.64. The van der Waals surface area contributed by atoms with Crippen LogP contribution in [0.1, 0.15) is 29.5 Å². The first kappa shape index (κ1) is 17.5. The molecule has 4 heteroatoms. The van der Waals surface area contributed by atoms with Gasteiger partial charge in [-0.3, -0.25) is 9.69 Å². The Morgan fingerprint density at radius 1 is 1.08 bits per heavy atom. The Bertz CT molecular complexity index is 714. The first-order chi connectivity index (χ1) is 12.2. The number of carbonyl (C=O) groups is 1. The van der Waals surface area contributed by atoms with Crippen LogP contribution in [0.5, 0.6) is 0 Å². The number of amides is 1. The molecule has 0 bridgehead atoms. The molecule has 2 aromatic carbocycles. The van der Waals surface area contributed by atoms with E-state index in [9.17, 15) is 4.79 Å². The van der Waals surface area contributed by atoms with Gasteiger partial charge in [0.15, 0.2) is 0 Å². The Labute approximate surface area is 150 Å². The number of hydrogen-bond acceptors (Lipinski definition) is 3. The molecular formula is C21H27N3O. The number of fused-ring (bicyclic) bond motifs is 1. The van der Waals surface area contributed by atoms with Gasteiger partial charge in [0.25, 0.3) is 0 Å². The minimum Gasteiger partial charge on any atom is -0.399 e. The second-order valence-corrected chi connectivity index (χ2v) is 6.70. The van der Waals surface area contributed by atoms with Gasteiger partial charge in [-0.15, -0.1) is 0 Å². The molecule has 3 N–H and O–H groups in total. The molecule has 0 saturated carbocycles. The fourth-order valence-electron chi connectivity index (χ4n) is 3.37. The highest BCUT2D eigenvalue weighted by Crippen LogP contribution is 2.18. The van der Waals surface area contributed by atoms with Gasteiger partial charge in [0.2, 0.25) is 5.91 Å². The highest BCUT2D eigenvalue weighted by atomic mass is 16.1. The Morgan fingerprint density at radius 3 is 2.68 bits per heavy atom. The highest BCUT2D eigenvalue weighted by Gasteiger charge is 2.14. The third-order valence-electron chi connectivity index (χ3n) is 4.86. The van der Waals surface area contributed by atoms with Crippen molar-refractivity contribution in [3.63, 3.8) is 0 Å². The Hall–Kier alpha value is -2.33. The normalized spacial score (nSPS) is 14.1. The molecule has 0 spiro atoms. The number of rotatable bonds is 7. The van der Waals surface area contributed by atoms with Crippen molar-refractivity contribution in [2.24, 2.45) is 0 Å². The topological polar surface area (TPSA) is 58.4 Å². The van der Waals surface area contributed by atoms with Crippen LogP contribution in [0.3, 0.4) is 0 Å². The minimum absolute atomic E-state index is 0.104. The molecule has 0 aliphatic carbocycles. The fourth-order valence-corrected chi connectivity index (χ4v) is 3.37. The van der Waals surface area contributed by atoms with Gasteiger partial charge in [0.1, 0.15) is 0 Å². The van der Waals surface area contributed by atoms with E-state index in [4.69, 9.17) is 5.73 Å². The monoisotopic (exact) mass is 337 g/mol. The quantitative estimate of drug-likeness (QED) is 0.603. The molecule has 1 aliphatic heterocycles. The number of para-hydroxylation sites is 1. The minimum atomic E-state index is 0.104. The van der Waals surface area contributed by atoms with Crippen molar-refractivity contribution < 1.29 is 4.79 Å². The number of anilines is 1. The van der Waals surface area contributed by atoms with Gasteiger partial charge in [0, 0.05) is 38.3 Å². The van der Waals surface area contributed by atoms with Crippen LogP contribution in [0.15, 0.2) is 48.5 Å². The van der Waals surface area contributed by atoms with Crippen molar-refractivity contribution in [2.75, 3.05) is 25.4 Å². The number of nitrogens with one attached hydrogen (secondary N) is 1. The number of carbonyl (C=O) groups excluding carboxylic acids is 1.